The summed E-state index contributed by atoms with van der Waals surface area (Å²) in [6.45, 7) is 0.696. The minimum absolute atomic E-state index is 0.131. The number of hydrogen-bond donors (Lipinski definition) is 2. The summed E-state index contributed by atoms with van der Waals surface area (Å²) < 4.78 is 36.0. The molecule has 3 aromatic rings. The molecule has 0 bridgehead atoms. The van der Waals surface area contributed by atoms with E-state index in [-0.39, 0.29) is 11.9 Å². The number of aromatic nitrogens is 6. The molecule has 144 valence electrons. The number of hydrogen-bond acceptors (Lipinski definition) is 7. The summed E-state index contributed by atoms with van der Waals surface area (Å²) in [5, 5.41) is 17.7. The number of nitrogens with zero attached hydrogens (tertiary/aromatic N) is 5. The number of halogens is 2. The van der Waals surface area contributed by atoms with Crippen molar-refractivity contribution in [2.24, 2.45) is 5.92 Å². The van der Waals surface area contributed by atoms with Gasteiger partial charge in [0.1, 0.15) is 11.3 Å². The summed E-state index contributed by atoms with van der Waals surface area (Å²) in [6, 6.07) is 4.99. The molecule has 0 saturated carbocycles. The van der Waals surface area contributed by atoms with Gasteiger partial charge >= 0.3 is 6.61 Å². The van der Waals surface area contributed by atoms with E-state index in [1.807, 2.05) is 4.68 Å². The fourth-order valence-electron chi connectivity index (χ4n) is 3.22. The number of pyridine rings is 1. The molecule has 1 aliphatic rings. The van der Waals surface area contributed by atoms with Crippen molar-refractivity contribution in [1.29, 1.82) is 0 Å². The third-order valence-corrected chi connectivity index (χ3v) is 4.68. The summed E-state index contributed by atoms with van der Waals surface area (Å²) >= 11 is 0. The van der Waals surface area contributed by atoms with E-state index in [9.17, 15) is 8.78 Å². The molecule has 4 rings (SSSR count). The molecule has 9 nitrogen and oxygen atoms in total. The summed E-state index contributed by atoms with van der Waals surface area (Å²) in [6.07, 6.45) is 1.95. The highest BCUT2D eigenvalue weighted by molar-refractivity contribution is 5.73. The van der Waals surface area contributed by atoms with E-state index < -0.39 is 6.61 Å². The van der Waals surface area contributed by atoms with Crippen molar-refractivity contribution in [1.82, 2.24) is 30.2 Å². The lowest BCUT2D eigenvalue weighted by Crippen LogP contribution is -2.25. The van der Waals surface area contributed by atoms with Gasteiger partial charge in [-0.2, -0.15) is 13.9 Å². The van der Waals surface area contributed by atoms with Crippen LogP contribution in [0.1, 0.15) is 25.8 Å². The fraction of sp³-hybridized carbons (Fsp3) is 0.500. The van der Waals surface area contributed by atoms with Gasteiger partial charge in [0.15, 0.2) is 11.5 Å². The van der Waals surface area contributed by atoms with Crippen LogP contribution in [0, 0.1) is 5.92 Å². The Morgan fingerprint density at radius 1 is 1.30 bits per heavy atom. The molecule has 0 amide bonds. The molecule has 0 spiro atoms. The molecule has 4 heterocycles. The molecule has 1 fully saturated rings. The average Bonchev–Trinajstić information content (AvgIpc) is 3.28. The Balaban J connectivity index is 1.55. The topological polar surface area (TPSA) is 103 Å². The molecular weight excluding hydrogens is 360 g/mol. The molecule has 3 aromatic heterocycles. The van der Waals surface area contributed by atoms with Crippen LogP contribution in [-0.2, 0) is 4.74 Å². The number of H-pyrrole nitrogens is 1. The van der Waals surface area contributed by atoms with Crippen LogP contribution in [0.15, 0.2) is 18.2 Å². The van der Waals surface area contributed by atoms with Gasteiger partial charge in [-0.05, 0) is 37.8 Å². The van der Waals surface area contributed by atoms with Crippen LogP contribution >= 0.6 is 0 Å². The predicted molar refractivity (Wildman–Crippen MR) is 92.1 cm³/mol. The van der Waals surface area contributed by atoms with Crippen LogP contribution in [0.4, 0.5) is 20.4 Å². The van der Waals surface area contributed by atoms with Crippen molar-refractivity contribution in [3.63, 3.8) is 0 Å². The first-order valence-corrected chi connectivity index (χ1v) is 8.67. The number of rotatable bonds is 6. The maximum Gasteiger partial charge on any atom is 0.388 e. The van der Waals surface area contributed by atoms with E-state index in [1.54, 1.807) is 12.1 Å². The molecule has 11 heteroatoms. The Morgan fingerprint density at radius 3 is 2.89 bits per heavy atom. The van der Waals surface area contributed by atoms with E-state index >= 15 is 0 Å². The SMILES string of the molecule is C[C@@H](C1CCOCC1)n1nnc2ccc(Nc3cc(OC(F)F)[nH]n3)nc21. The molecule has 1 atom stereocenters. The summed E-state index contributed by atoms with van der Waals surface area (Å²) in [7, 11) is 0. The number of ether oxygens (including phenoxy) is 2. The second-order valence-corrected chi connectivity index (χ2v) is 6.38. The smallest absolute Gasteiger partial charge is 0.388 e. The Hall–Kier alpha value is -2.82. The van der Waals surface area contributed by atoms with Gasteiger partial charge in [-0.25, -0.2) is 14.8 Å². The van der Waals surface area contributed by atoms with Crippen LogP contribution < -0.4 is 10.1 Å². The standard InChI is InChI=1S/C16H19F2N7O2/c1-9(10-4-6-26-7-5-10)25-15-11(21-24-25)2-3-12(20-15)19-13-8-14(23-22-13)27-16(17)18/h2-3,8-10,16H,4-7H2,1H3,(H2,19,20,22,23)/t9-/m0/s1. The van der Waals surface area contributed by atoms with Gasteiger partial charge < -0.3 is 14.8 Å². The first-order chi connectivity index (χ1) is 13.1. The highest BCUT2D eigenvalue weighted by atomic mass is 19.3. The van der Waals surface area contributed by atoms with Crippen molar-refractivity contribution < 1.29 is 18.3 Å². The summed E-state index contributed by atoms with van der Waals surface area (Å²) in [4.78, 5) is 4.57. The molecule has 0 unspecified atom stereocenters. The molecule has 1 aliphatic heterocycles. The van der Waals surface area contributed by atoms with Gasteiger partial charge in [0.2, 0.25) is 5.88 Å². The normalized spacial score (nSPS) is 16.7. The number of alkyl halides is 2. The van der Waals surface area contributed by atoms with Gasteiger partial charge in [0, 0.05) is 19.3 Å². The second-order valence-electron chi connectivity index (χ2n) is 6.38. The van der Waals surface area contributed by atoms with Crippen LogP contribution in [0.5, 0.6) is 5.88 Å². The van der Waals surface area contributed by atoms with Crippen molar-refractivity contribution in [3.05, 3.63) is 18.2 Å². The maximum atomic E-state index is 12.2. The molecule has 0 aromatic carbocycles. The van der Waals surface area contributed by atoms with Gasteiger partial charge in [-0.1, -0.05) is 5.21 Å². The third-order valence-electron chi connectivity index (χ3n) is 4.68. The number of anilines is 2. The predicted octanol–water partition coefficient (Wildman–Crippen LogP) is 2.88. The molecular formula is C16H19F2N7O2. The Morgan fingerprint density at radius 2 is 2.11 bits per heavy atom. The van der Waals surface area contributed by atoms with Crippen molar-refractivity contribution >= 4 is 22.8 Å². The van der Waals surface area contributed by atoms with E-state index in [0.717, 1.165) is 26.1 Å². The molecule has 2 N–H and O–H groups in total. The molecule has 1 saturated heterocycles. The van der Waals surface area contributed by atoms with Gasteiger partial charge in [-0.3, -0.25) is 0 Å². The maximum absolute atomic E-state index is 12.2. The zero-order valence-corrected chi connectivity index (χ0v) is 14.6. The Labute approximate surface area is 153 Å². The highest BCUT2D eigenvalue weighted by Gasteiger charge is 2.24. The van der Waals surface area contributed by atoms with Crippen molar-refractivity contribution in [2.75, 3.05) is 18.5 Å². The molecule has 0 radical (unpaired) electrons. The quantitative estimate of drug-likeness (QED) is 0.679. The monoisotopic (exact) mass is 379 g/mol. The second kappa shape index (κ2) is 7.43. The van der Waals surface area contributed by atoms with E-state index in [0.29, 0.717) is 28.7 Å². The van der Waals surface area contributed by atoms with Crippen LogP contribution in [0.3, 0.4) is 0 Å². The van der Waals surface area contributed by atoms with E-state index in [4.69, 9.17) is 4.74 Å². The first kappa shape index (κ1) is 17.6. The van der Waals surface area contributed by atoms with Gasteiger partial charge in [-0.15, -0.1) is 5.10 Å². The van der Waals surface area contributed by atoms with E-state index in [2.05, 4.69) is 42.5 Å². The van der Waals surface area contributed by atoms with Crippen molar-refractivity contribution in [2.45, 2.75) is 32.4 Å². The van der Waals surface area contributed by atoms with Crippen LogP contribution in [0.2, 0.25) is 0 Å². The Bertz CT molecular complexity index is 907. The number of fused-ring (bicyclic) bond motifs is 1. The van der Waals surface area contributed by atoms with Crippen LogP contribution in [-0.4, -0.2) is 50.0 Å². The largest absolute Gasteiger partial charge is 0.417 e. The average molecular weight is 379 g/mol. The zero-order valence-electron chi connectivity index (χ0n) is 14.6. The van der Waals surface area contributed by atoms with Gasteiger partial charge in [0.25, 0.3) is 0 Å². The lowest BCUT2D eigenvalue weighted by atomic mass is 9.93. The van der Waals surface area contributed by atoms with Crippen molar-refractivity contribution in [3.8, 4) is 5.88 Å². The molecule has 27 heavy (non-hydrogen) atoms. The third kappa shape index (κ3) is 3.82. The number of nitrogens with one attached hydrogen (secondary N) is 2. The fourth-order valence-corrected chi connectivity index (χ4v) is 3.22. The zero-order chi connectivity index (χ0) is 18.8. The summed E-state index contributed by atoms with van der Waals surface area (Å²) in [5.41, 5.74) is 1.33. The highest BCUT2D eigenvalue weighted by Crippen LogP contribution is 2.29. The van der Waals surface area contributed by atoms with Gasteiger partial charge in [0.05, 0.1) is 6.04 Å². The Kier molecular flexibility index (Phi) is 4.84. The minimum Gasteiger partial charge on any atom is -0.417 e. The number of aromatic amines is 1. The van der Waals surface area contributed by atoms with Crippen LogP contribution in [0.25, 0.3) is 11.2 Å². The minimum atomic E-state index is -2.92. The van der Waals surface area contributed by atoms with E-state index in [1.165, 1.54) is 6.07 Å². The first-order valence-electron chi connectivity index (χ1n) is 8.67. The summed E-state index contributed by atoms with van der Waals surface area (Å²) in [5.74, 6) is 1.13. The lowest BCUT2D eigenvalue weighted by Gasteiger charge is -2.27. The molecule has 0 aliphatic carbocycles. The lowest BCUT2D eigenvalue weighted by molar-refractivity contribution is -0.0528.